The number of thiophene rings is 1. The molecule has 3 rings (SSSR count). The molecule has 0 spiro atoms. The lowest BCUT2D eigenvalue weighted by atomic mass is 9.82. The van der Waals surface area contributed by atoms with Gasteiger partial charge in [0.15, 0.2) is 0 Å². The normalized spacial score (nSPS) is 15.9. The predicted molar refractivity (Wildman–Crippen MR) is 95.6 cm³/mol. The van der Waals surface area contributed by atoms with Crippen LogP contribution in [0, 0.1) is 5.41 Å². The summed E-state index contributed by atoms with van der Waals surface area (Å²) < 4.78 is 0.875. The highest BCUT2D eigenvalue weighted by molar-refractivity contribution is 7.21. The fourth-order valence-corrected chi connectivity index (χ4v) is 4.63. The maximum atomic E-state index is 12.3. The number of hydrogen-bond donors (Lipinski definition) is 3. The summed E-state index contributed by atoms with van der Waals surface area (Å²) in [6.45, 7) is 0. The highest BCUT2D eigenvalue weighted by Crippen LogP contribution is 2.41. The van der Waals surface area contributed by atoms with Gasteiger partial charge in [0.25, 0.3) is 5.91 Å². The molecule has 0 unspecified atom stereocenters. The van der Waals surface area contributed by atoms with Crippen molar-refractivity contribution in [2.24, 2.45) is 5.41 Å². The van der Waals surface area contributed by atoms with E-state index in [1.165, 1.54) is 11.3 Å². The molecule has 0 radical (unpaired) electrons. The lowest BCUT2D eigenvalue weighted by molar-refractivity contribution is -0.151. The third-order valence-electron chi connectivity index (χ3n) is 4.57. The third kappa shape index (κ3) is 3.48. The van der Waals surface area contributed by atoms with Crippen molar-refractivity contribution < 1.29 is 19.5 Å². The molecule has 0 bridgehead atoms. The first-order valence-corrected chi connectivity index (χ1v) is 9.12. The number of benzene rings is 1. The Kier molecular flexibility index (Phi) is 4.96. The molecule has 0 saturated heterocycles. The Morgan fingerprint density at radius 1 is 1.16 bits per heavy atom. The van der Waals surface area contributed by atoms with Crippen LogP contribution >= 0.6 is 22.9 Å². The molecule has 1 saturated carbocycles. The summed E-state index contributed by atoms with van der Waals surface area (Å²) in [7, 11) is 0. The van der Waals surface area contributed by atoms with E-state index in [2.05, 4.69) is 10.9 Å². The van der Waals surface area contributed by atoms with E-state index in [4.69, 9.17) is 11.6 Å². The number of carbonyl (C=O) groups excluding carboxylic acids is 2. The van der Waals surface area contributed by atoms with Crippen molar-refractivity contribution in [2.75, 3.05) is 0 Å². The van der Waals surface area contributed by atoms with Crippen molar-refractivity contribution >= 4 is 50.8 Å². The fourth-order valence-electron chi connectivity index (χ4n) is 3.21. The van der Waals surface area contributed by atoms with E-state index in [0.29, 0.717) is 22.7 Å². The van der Waals surface area contributed by atoms with Crippen molar-refractivity contribution in [3.05, 3.63) is 34.2 Å². The van der Waals surface area contributed by atoms with Gasteiger partial charge in [-0.15, -0.1) is 11.3 Å². The van der Waals surface area contributed by atoms with Crippen LogP contribution in [0.15, 0.2) is 24.3 Å². The van der Waals surface area contributed by atoms with Crippen LogP contribution in [0.5, 0.6) is 0 Å². The Labute approximate surface area is 153 Å². The second-order valence-corrected chi connectivity index (χ2v) is 7.64. The molecule has 132 valence electrons. The topological polar surface area (TPSA) is 95.5 Å². The number of rotatable bonds is 4. The largest absolute Gasteiger partial charge is 0.481 e. The summed E-state index contributed by atoms with van der Waals surface area (Å²) in [5.74, 6) is -2.00. The summed E-state index contributed by atoms with van der Waals surface area (Å²) in [6, 6.07) is 7.36. The van der Waals surface area contributed by atoms with Gasteiger partial charge in [-0.2, -0.15) is 0 Å². The fraction of sp³-hybridized carbons (Fsp3) is 0.353. The molecule has 2 amide bonds. The molecule has 6 nitrogen and oxygen atoms in total. The zero-order valence-electron chi connectivity index (χ0n) is 13.3. The van der Waals surface area contributed by atoms with E-state index in [1.54, 1.807) is 0 Å². The smallest absolute Gasteiger partial charge is 0.310 e. The average molecular weight is 381 g/mol. The van der Waals surface area contributed by atoms with Crippen LogP contribution in [0.3, 0.4) is 0 Å². The molecule has 0 aliphatic heterocycles. The van der Waals surface area contributed by atoms with Gasteiger partial charge in [0, 0.05) is 16.5 Å². The Bertz CT molecular complexity index is 842. The number of nitrogens with one attached hydrogen (secondary N) is 2. The average Bonchev–Trinajstić information content (AvgIpc) is 3.19. The number of aliphatic carboxylic acids is 1. The van der Waals surface area contributed by atoms with Crippen LogP contribution in [-0.2, 0) is 9.59 Å². The van der Waals surface area contributed by atoms with E-state index in [1.807, 2.05) is 24.3 Å². The van der Waals surface area contributed by atoms with Gasteiger partial charge >= 0.3 is 5.97 Å². The zero-order chi connectivity index (χ0) is 18.0. The summed E-state index contributed by atoms with van der Waals surface area (Å²) in [6.07, 6.45) is 2.40. The first-order chi connectivity index (χ1) is 11.9. The minimum atomic E-state index is -1.02. The van der Waals surface area contributed by atoms with Crippen LogP contribution in [0.2, 0.25) is 5.02 Å². The van der Waals surface area contributed by atoms with Gasteiger partial charge < -0.3 is 5.11 Å². The number of amides is 2. The molecule has 8 heteroatoms. The third-order valence-corrected chi connectivity index (χ3v) is 6.24. The van der Waals surface area contributed by atoms with Crippen molar-refractivity contribution in [1.29, 1.82) is 0 Å². The SMILES string of the molecule is O=C(CC1(C(=O)O)CCCC1)NNC(=O)c1sc2ccccc2c1Cl. The number of halogens is 1. The summed E-state index contributed by atoms with van der Waals surface area (Å²) in [4.78, 5) is 36.1. The van der Waals surface area contributed by atoms with E-state index >= 15 is 0 Å². The maximum absolute atomic E-state index is 12.3. The van der Waals surface area contributed by atoms with Crippen LogP contribution in [0.4, 0.5) is 0 Å². The molecule has 0 atom stereocenters. The Hall–Kier alpha value is -2.12. The second kappa shape index (κ2) is 7.01. The molecule has 1 aliphatic rings. The Morgan fingerprint density at radius 3 is 2.48 bits per heavy atom. The van der Waals surface area contributed by atoms with E-state index in [0.717, 1.165) is 22.9 Å². The van der Waals surface area contributed by atoms with E-state index in [9.17, 15) is 19.5 Å². The van der Waals surface area contributed by atoms with Crippen LogP contribution < -0.4 is 10.9 Å². The van der Waals surface area contributed by atoms with Gasteiger partial charge in [-0.25, -0.2) is 0 Å². The summed E-state index contributed by atoms with van der Waals surface area (Å²) >= 11 is 7.46. The van der Waals surface area contributed by atoms with Gasteiger partial charge in [-0.1, -0.05) is 42.6 Å². The lowest BCUT2D eigenvalue weighted by Gasteiger charge is -2.22. The first kappa shape index (κ1) is 17.7. The molecule has 1 heterocycles. The second-order valence-electron chi connectivity index (χ2n) is 6.21. The first-order valence-electron chi connectivity index (χ1n) is 7.92. The number of carbonyl (C=O) groups is 3. The molecule has 25 heavy (non-hydrogen) atoms. The van der Waals surface area contributed by atoms with Crippen LogP contribution in [-0.4, -0.2) is 22.9 Å². The Balaban J connectivity index is 1.64. The number of carboxylic acid groups (broad SMARTS) is 1. The van der Waals surface area contributed by atoms with Gasteiger partial charge in [-0.3, -0.25) is 25.2 Å². The van der Waals surface area contributed by atoms with Gasteiger partial charge in [-0.05, 0) is 18.9 Å². The summed E-state index contributed by atoms with van der Waals surface area (Å²) in [5, 5.41) is 10.5. The molecule has 3 N–H and O–H groups in total. The predicted octanol–water partition coefficient (Wildman–Crippen LogP) is 3.35. The van der Waals surface area contributed by atoms with Crippen LogP contribution in [0.1, 0.15) is 41.8 Å². The zero-order valence-corrected chi connectivity index (χ0v) is 14.9. The molecular formula is C17H17ClN2O4S. The van der Waals surface area contributed by atoms with Crippen molar-refractivity contribution in [1.82, 2.24) is 10.9 Å². The minimum Gasteiger partial charge on any atom is -0.481 e. The molecule has 1 fully saturated rings. The van der Waals surface area contributed by atoms with Gasteiger partial charge in [0.1, 0.15) is 4.88 Å². The minimum absolute atomic E-state index is 0.150. The molecular weight excluding hydrogens is 364 g/mol. The number of fused-ring (bicyclic) bond motifs is 1. The molecule has 2 aromatic rings. The van der Waals surface area contributed by atoms with Gasteiger partial charge in [0.2, 0.25) is 5.91 Å². The van der Waals surface area contributed by atoms with Crippen molar-refractivity contribution in [2.45, 2.75) is 32.1 Å². The van der Waals surface area contributed by atoms with Gasteiger partial charge in [0.05, 0.1) is 10.4 Å². The van der Waals surface area contributed by atoms with E-state index < -0.39 is 23.2 Å². The highest BCUT2D eigenvalue weighted by atomic mass is 35.5. The molecule has 1 aliphatic carbocycles. The van der Waals surface area contributed by atoms with Crippen molar-refractivity contribution in [3.63, 3.8) is 0 Å². The monoisotopic (exact) mass is 380 g/mol. The van der Waals surface area contributed by atoms with Crippen LogP contribution in [0.25, 0.3) is 10.1 Å². The highest BCUT2D eigenvalue weighted by Gasteiger charge is 2.43. The van der Waals surface area contributed by atoms with E-state index in [-0.39, 0.29) is 6.42 Å². The number of carboxylic acids is 1. The molecule has 1 aromatic heterocycles. The maximum Gasteiger partial charge on any atom is 0.310 e. The number of hydrazine groups is 1. The molecule has 1 aromatic carbocycles. The summed E-state index contributed by atoms with van der Waals surface area (Å²) in [5.41, 5.74) is 3.61. The standard InChI is InChI=1S/C17H17ClN2O4S/c18-13-10-5-1-2-6-11(10)25-14(13)15(22)20-19-12(21)9-17(16(23)24)7-3-4-8-17/h1-2,5-6H,3-4,7-9H2,(H,19,21)(H,20,22)(H,23,24). The van der Waals surface area contributed by atoms with Crippen molar-refractivity contribution in [3.8, 4) is 0 Å². The Morgan fingerprint density at radius 2 is 1.84 bits per heavy atom. The lowest BCUT2D eigenvalue weighted by Crippen LogP contribution is -2.44. The quantitative estimate of drug-likeness (QED) is 0.709. The number of hydrogen-bond acceptors (Lipinski definition) is 4.